The van der Waals surface area contributed by atoms with E-state index in [1.165, 1.54) is 70.6 Å². The van der Waals surface area contributed by atoms with Crippen LogP contribution in [-0.4, -0.2) is 11.9 Å². The number of rotatable bonds is 2. The first-order valence-electron chi connectivity index (χ1n) is 8.54. The van der Waals surface area contributed by atoms with Crippen molar-refractivity contribution >= 4 is 5.91 Å². The summed E-state index contributed by atoms with van der Waals surface area (Å²) >= 11 is 0. The van der Waals surface area contributed by atoms with E-state index in [2.05, 4.69) is 5.32 Å². The molecule has 0 heterocycles. The first-order valence-corrected chi connectivity index (χ1v) is 8.54. The number of carbonyl (C=O) groups excluding carboxylic acids is 1. The summed E-state index contributed by atoms with van der Waals surface area (Å²) in [4.78, 5) is 12.9. The normalized spacial score (nSPS) is 45.4. The lowest BCUT2D eigenvalue weighted by molar-refractivity contribution is -0.147. The Balaban J connectivity index is 1.47. The van der Waals surface area contributed by atoms with Gasteiger partial charge in [0.1, 0.15) is 0 Å². The Hall–Kier alpha value is -0.530. The van der Waals surface area contributed by atoms with Gasteiger partial charge in [0.25, 0.3) is 0 Å². The molecule has 0 aromatic rings. The molecule has 106 valence electrons. The maximum absolute atomic E-state index is 12.9. The number of carbonyl (C=O) groups is 1. The Bertz CT molecular complexity index is 334. The molecule has 0 spiro atoms. The summed E-state index contributed by atoms with van der Waals surface area (Å²) in [6, 6.07) is 0.495. The number of hydrogen-bond donors (Lipinski definition) is 1. The van der Waals surface area contributed by atoms with E-state index in [1.54, 1.807) is 0 Å². The van der Waals surface area contributed by atoms with Crippen LogP contribution < -0.4 is 5.32 Å². The van der Waals surface area contributed by atoms with E-state index in [0.717, 1.165) is 17.8 Å². The Morgan fingerprint density at radius 2 is 1.37 bits per heavy atom. The van der Waals surface area contributed by atoms with Gasteiger partial charge in [-0.05, 0) is 69.1 Å². The van der Waals surface area contributed by atoms with Gasteiger partial charge in [-0.25, -0.2) is 0 Å². The van der Waals surface area contributed by atoms with Gasteiger partial charge in [-0.2, -0.15) is 0 Å². The van der Waals surface area contributed by atoms with Crippen molar-refractivity contribution < 1.29 is 4.79 Å². The lowest BCUT2D eigenvalue weighted by Crippen LogP contribution is -2.55. The minimum absolute atomic E-state index is 0.0617. The van der Waals surface area contributed by atoms with Crippen molar-refractivity contribution in [3.63, 3.8) is 0 Å². The van der Waals surface area contributed by atoms with Gasteiger partial charge in [0.15, 0.2) is 0 Å². The van der Waals surface area contributed by atoms with Crippen molar-refractivity contribution in [3.05, 3.63) is 0 Å². The monoisotopic (exact) mass is 261 g/mol. The Labute approximate surface area is 116 Å². The van der Waals surface area contributed by atoms with Crippen LogP contribution in [0.4, 0.5) is 0 Å². The van der Waals surface area contributed by atoms with Gasteiger partial charge < -0.3 is 5.32 Å². The van der Waals surface area contributed by atoms with Gasteiger partial charge in [0.2, 0.25) is 5.91 Å². The van der Waals surface area contributed by atoms with Crippen LogP contribution in [0.15, 0.2) is 0 Å². The van der Waals surface area contributed by atoms with Crippen molar-refractivity contribution in [2.75, 3.05) is 0 Å². The number of amides is 1. The molecule has 1 amide bonds. The molecule has 0 unspecified atom stereocenters. The van der Waals surface area contributed by atoms with E-state index in [1.807, 2.05) is 0 Å². The third-order valence-corrected chi connectivity index (χ3v) is 6.46. The summed E-state index contributed by atoms with van der Waals surface area (Å²) < 4.78 is 0. The molecule has 2 heteroatoms. The lowest BCUT2D eigenvalue weighted by atomic mass is 9.49. The summed E-state index contributed by atoms with van der Waals surface area (Å²) in [6.07, 6.45) is 14.3. The molecule has 0 atom stereocenters. The van der Waals surface area contributed by atoms with E-state index in [0.29, 0.717) is 11.9 Å². The minimum Gasteiger partial charge on any atom is -0.353 e. The molecule has 19 heavy (non-hydrogen) atoms. The SMILES string of the molecule is O=C(NC1CCCCC1)C12CC3CC(CC(C3)C1)C2. The first-order chi connectivity index (χ1) is 9.23. The molecule has 4 bridgehead atoms. The second-order valence-corrected chi connectivity index (χ2v) is 8.01. The van der Waals surface area contributed by atoms with Gasteiger partial charge in [0, 0.05) is 11.5 Å². The van der Waals surface area contributed by atoms with Gasteiger partial charge in [-0.15, -0.1) is 0 Å². The predicted molar refractivity (Wildman–Crippen MR) is 75.6 cm³/mol. The second kappa shape index (κ2) is 4.49. The maximum Gasteiger partial charge on any atom is 0.226 e. The van der Waals surface area contributed by atoms with E-state index in [4.69, 9.17) is 0 Å². The summed E-state index contributed by atoms with van der Waals surface area (Å²) in [5, 5.41) is 3.44. The van der Waals surface area contributed by atoms with Crippen molar-refractivity contribution in [1.82, 2.24) is 5.32 Å². The van der Waals surface area contributed by atoms with Crippen LogP contribution in [0.2, 0.25) is 0 Å². The Kier molecular flexibility index (Phi) is 2.89. The quantitative estimate of drug-likeness (QED) is 0.807. The molecule has 0 aromatic carbocycles. The largest absolute Gasteiger partial charge is 0.353 e. The molecular formula is C17H27NO. The van der Waals surface area contributed by atoms with Crippen LogP contribution >= 0.6 is 0 Å². The highest BCUT2D eigenvalue weighted by molar-refractivity contribution is 5.83. The highest BCUT2D eigenvalue weighted by Crippen LogP contribution is 2.60. The zero-order valence-electron chi connectivity index (χ0n) is 12.0. The highest BCUT2D eigenvalue weighted by Gasteiger charge is 2.54. The van der Waals surface area contributed by atoms with E-state index >= 15 is 0 Å². The van der Waals surface area contributed by atoms with Gasteiger partial charge >= 0.3 is 0 Å². The van der Waals surface area contributed by atoms with E-state index in [-0.39, 0.29) is 5.41 Å². The summed E-state index contributed by atoms with van der Waals surface area (Å²) in [6.45, 7) is 0. The van der Waals surface area contributed by atoms with Crippen LogP contribution in [0.3, 0.4) is 0 Å². The fourth-order valence-corrected chi connectivity index (χ4v) is 5.97. The average molecular weight is 261 g/mol. The molecule has 2 nitrogen and oxygen atoms in total. The molecule has 1 N–H and O–H groups in total. The van der Waals surface area contributed by atoms with Crippen LogP contribution in [0.1, 0.15) is 70.6 Å². The second-order valence-electron chi connectivity index (χ2n) is 8.01. The fraction of sp³-hybridized carbons (Fsp3) is 0.941. The summed E-state index contributed by atoms with van der Waals surface area (Å²) in [7, 11) is 0. The molecule has 5 aliphatic rings. The van der Waals surface area contributed by atoms with Crippen LogP contribution in [0.5, 0.6) is 0 Å². The zero-order valence-corrected chi connectivity index (χ0v) is 12.0. The van der Waals surface area contributed by atoms with Gasteiger partial charge in [0.05, 0.1) is 0 Å². The molecule has 5 rings (SSSR count). The smallest absolute Gasteiger partial charge is 0.226 e. The Morgan fingerprint density at radius 3 is 1.89 bits per heavy atom. The zero-order chi connectivity index (χ0) is 12.9. The first kappa shape index (κ1) is 12.2. The molecule has 0 aromatic heterocycles. The van der Waals surface area contributed by atoms with Crippen molar-refractivity contribution in [3.8, 4) is 0 Å². The topological polar surface area (TPSA) is 29.1 Å². The van der Waals surface area contributed by atoms with Crippen LogP contribution in [-0.2, 0) is 4.79 Å². The Morgan fingerprint density at radius 1 is 0.842 bits per heavy atom. The van der Waals surface area contributed by atoms with Crippen molar-refractivity contribution in [2.24, 2.45) is 23.2 Å². The van der Waals surface area contributed by atoms with E-state index < -0.39 is 0 Å². The van der Waals surface area contributed by atoms with Gasteiger partial charge in [-0.1, -0.05) is 19.3 Å². The van der Waals surface area contributed by atoms with E-state index in [9.17, 15) is 4.79 Å². The molecule has 0 saturated heterocycles. The standard InChI is InChI=1S/C17H27NO/c19-16(18-15-4-2-1-3-5-15)17-9-12-6-13(10-17)8-14(7-12)11-17/h12-15H,1-11H2,(H,18,19). The van der Waals surface area contributed by atoms with Gasteiger partial charge in [-0.3, -0.25) is 4.79 Å². The molecule has 5 saturated carbocycles. The minimum atomic E-state index is 0.0617. The number of hydrogen-bond acceptors (Lipinski definition) is 1. The highest BCUT2D eigenvalue weighted by atomic mass is 16.2. The third-order valence-electron chi connectivity index (χ3n) is 6.46. The average Bonchev–Trinajstić information content (AvgIpc) is 2.38. The van der Waals surface area contributed by atoms with Crippen molar-refractivity contribution in [1.29, 1.82) is 0 Å². The third kappa shape index (κ3) is 2.11. The van der Waals surface area contributed by atoms with Crippen LogP contribution in [0.25, 0.3) is 0 Å². The van der Waals surface area contributed by atoms with Crippen molar-refractivity contribution in [2.45, 2.75) is 76.7 Å². The molecule has 0 aliphatic heterocycles. The fourth-order valence-electron chi connectivity index (χ4n) is 5.97. The molecule has 5 aliphatic carbocycles. The maximum atomic E-state index is 12.9. The molecular weight excluding hydrogens is 234 g/mol. The summed E-state index contributed by atoms with van der Waals surface area (Å²) in [5.74, 6) is 3.08. The summed E-state index contributed by atoms with van der Waals surface area (Å²) in [5.41, 5.74) is 0.0617. The van der Waals surface area contributed by atoms with Crippen LogP contribution in [0, 0.1) is 23.2 Å². The molecule has 0 radical (unpaired) electrons. The lowest BCUT2D eigenvalue weighted by Gasteiger charge is -2.56. The predicted octanol–water partition coefficient (Wildman–Crippen LogP) is 3.65. The number of nitrogens with one attached hydrogen (secondary N) is 1. The molecule has 5 fully saturated rings.